The number of benzene rings is 2. The highest BCUT2D eigenvalue weighted by Crippen LogP contribution is 2.26. The molecule has 3 nitrogen and oxygen atoms in total. The van der Waals surface area contributed by atoms with Crippen molar-refractivity contribution in [2.75, 3.05) is 12.4 Å². The van der Waals surface area contributed by atoms with Crippen LogP contribution >= 0.6 is 0 Å². The first kappa shape index (κ1) is 14.1. The van der Waals surface area contributed by atoms with Crippen molar-refractivity contribution in [2.24, 2.45) is 0 Å². The third kappa shape index (κ3) is 2.99. The van der Waals surface area contributed by atoms with Gasteiger partial charge in [-0.1, -0.05) is 48.5 Å². The van der Waals surface area contributed by atoms with Gasteiger partial charge in [-0.2, -0.15) is 0 Å². The van der Waals surface area contributed by atoms with Crippen LogP contribution in [-0.4, -0.2) is 13.1 Å². The topological polar surface area (TPSA) is 38.3 Å². The number of rotatable bonds is 4. The number of hydrogen-bond donors (Lipinski definition) is 1. The predicted octanol–water partition coefficient (Wildman–Crippen LogP) is 3.63. The molecule has 2 rings (SSSR count). The zero-order valence-electron chi connectivity index (χ0n) is 12.0. The van der Waals surface area contributed by atoms with Crippen molar-refractivity contribution in [1.82, 2.24) is 0 Å². The number of carbonyl (C=O) groups is 1. The Morgan fingerprint density at radius 3 is 2.15 bits per heavy atom. The van der Waals surface area contributed by atoms with Crippen LogP contribution in [0.15, 0.2) is 48.5 Å². The minimum Gasteiger partial charge on any atom is -0.467 e. The van der Waals surface area contributed by atoms with Crippen molar-refractivity contribution in [1.29, 1.82) is 0 Å². The van der Waals surface area contributed by atoms with Gasteiger partial charge in [0, 0.05) is 5.69 Å². The van der Waals surface area contributed by atoms with Crippen LogP contribution in [0.3, 0.4) is 0 Å². The summed E-state index contributed by atoms with van der Waals surface area (Å²) in [6.45, 7) is 4.04. The van der Waals surface area contributed by atoms with Crippen LogP contribution in [0.25, 0.3) is 0 Å². The van der Waals surface area contributed by atoms with Gasteiger partial charge in [0.15, 0.2) is 6.04 Å². The molecule has 0 bridgehead atoms. The number of hydrogen-bond acceptors (Lipinski definition) is 3. The van der Waals surface area contributed by atoms with Gasteiger partial charge < -0.3 is 10.1 Å². The van der Waals surface area contributed by atoms with E-state index in [1.807, 2.05) is 62.4 Å². The molecule has 0 radical (unpaired) electrons. The fourth-order valence-corrected chi connectivity index (χ4v) is 2.23. The summed E-state index contributed by atoms with van der Waals surface area (Å²) in [7, 11) is 1.41. The minimum atomic E-state index is -0.499. The van der Waals surface area contributed by atoms with Crippen molar-refractivity contribution in [2.45, 2.75) is 19.9 Å². The highest BCUT2D eigenvalue weighted by molar-refractivity contribution is 5.81. The Morgan fingerprint density at radius 2 is 1.60 bits per heavy atom. The molecule has 20 heavy (non-hydrogen) atoms. The lowest BCUT2D eigenvalue weighted by Crippen LogP contribution is -2.23. The molecule has 104 valence electrons. The van der Waals surface area contributed by atoms with Crippen molar-refractivity contribution in [3.63, 3.8) is 0 Å². The van der Waals surface area contributed by atoms with Gasteiger partial charge in [-0.05, 0) is 30.5 Å². The van der Waals surface area contributed by atoms with Crippen LogP contribution in [0, 0.1) is 13.8 Å². The molecule has 2 aromatic carbocycles. The van der Waals surface area contributed by atoms with E-state index in [0.717, 1.165) is 22.4 Å². The third-order valence-corrected chi connectivity index (χ3v) is 3.34. The van der Waals surface area contributed by atoms with Crippen LogP contribution in [0.4, 0.5) is 5.69 Å². The normalized spacial score (nSPS) is 11.8. The number of anilines is 1. The first-order valence-electron chi connectivity index (χ1n) is 6.59. The van der Waals surface area contributed by atoms with Gasteiger partial charge in [-0.15, -0.1) is 0 Å². The lowest BCUT2D eigenvalue weighted by atomic mass is 10.0. The summed E-state index contributed by atoms with van der Waals surface area (Å²) in [6.07, 6.45) is 0. The average molecular weight is 269 g/mol. The molecule has 1 unspecified atom stereocenters. The second-order valence-corrected chi connectivity index (χ2v) is 4.78. The highest BCUT2D eigenvalue weighted by atomic mass is 16.5. The number of para-hydroxylation sites is 1. The monoisotopic (exact) mass is 269 g/mol. The Balaban J connectivity index is 2.37. The van der Waals surface area contributed by atoms with E-state index in [2.05, 4.69) is 5.32 Å². The molecular weight excluding hydrogens is 250 g/mol. The number of nitrogens with one attached hydrogen (secondary N) is 1. The molecule has 0 aromatic heterocycles. The summed E-state index contributed by atoms with van der Waals surface area (Å²) in [5.74, 6) is -0.293. The molecule has 0 aliphatic heterocycles. The number of methoxy groups -OCH3 is 1. The third-order valence-electron chi connectivity index (χ3n) is 3.34. The standard InChI is InChI=1S/C17H19NO2/c1-12-8-7-9-13(2)15(12)18-16(17(19)20-3)14-10-5-4-6-11-14/h4-11,16,18H,1-3H3. The molecule has 0 saturated heterocycles. The molecule has 1 N–H and O–H groups in total. The van der Waals surface area contributed by atoms with Crippen molar-refractivity contribution >= 4 is 11.7 Å². The van der Waals surface area contributed by atoms with Gasteiger partial charge in [-0.3, -0.25) is 0 Å². The summed E-state index contributed by atoms with van der Waals surface area (Å²) in [4.78, 5) is 12.1. The minimum absolute atomic E-state index is 0.293. The number of esters is 1. The summed E-state index contributed by atoms with van der Waals surface area (Å²) in [6, 6.07) is 15.1. The summed E-state index contributed by atoms with van der Waals surface area (Å²) >= 11 is 0. The number of carbonyl (C=O) groups excluding carboxylic acids is 1. The van der Waals surface area contributed by atoms with Gasteiger partial charge in [0.05, 0.1) is 7.11 Å². The molecule has 0 heterocycles. The van der Waals surface area contributed by atoms with E-state index in [1.54, 1.807) is 0 Å². The van der Waals surface area contributed by atoms with Crippen LogP contribution in [-0.2, 0) is 9.53 Å². The molecule has 0 spiro atoms. The molecule has 0 fully saturated rings. The maximum absolute atomic E-state index is 12.1. The van der Waals surface area contributed by atoms with Gasteiger partial charge in [0.2, 0.25) is 0 Å². The Kier molecular flexibility index (Phi) is 4.41. The summed E-state index contributed by atoms with van der Waals surface area (Å²) < 4.78 is 4.92. The van der Waals surface area contributed by atoms with E-state index in [0.29, 0.717) is 0 Å². The summed E-state index contributed by atoms with van der Waals surface area (Å²) in [5.41, 5.74) is 4.08. The molecule has 0 aliphatic carbocycles. The number of aryl methyl sites for hydroxylation is 2. The van der Waals surface area contributed by atoms with Crippen LogP contribution in [0.1, 0.15) is 22.7 Å². The second kappa shape index (κ2) is 6.24. The average Bonchev–Trinajstić information content (AvgIpc) is 2.47. The molecular formula is C17H19NO2. The molecule has 2 aromatic rings. The van der Waals surface area contributed by atoms with Gasteiger partial charge in [0.25, 0.3) is 0 Å². The SMILES string of the molecule is COC(=O)C(Nc1c(C)cccc1C)c1ccccc1. The smallest absolute Gasteiger partial charge is 0.332 e. The lowest BCUT2D eigenvalue weighted by molar-refractivity contribution is -0.141. The van der Waals surface area contributed by atoms with E-state index < -0.39 is 6.04 Å². The lowest BCUT2D eigenvalue weighted by Gasteiger charge is -2.21. The zero-order valence-corrected chi connectivity index (χ0v) is 12.0. The highest BCUT2D eigenvalue weighted by Gasteiger charge is 2.22. The first-order valence-corrected chi connectivity index (χ1v) is 6.59. The maximum atomic E-state index is 12.1. The number of ether oxygens (including phenoxy) is 1. The van der Waals surface area contributed by atoms with Crippen LogP contribution in [0.2, 0.25) is 0 Å². The second-order valence-electron chi connectivity index (χ2n) is 4.78. The first-order chi connectivity index (χ1) is 9.63. The van der Waals surface area contributed by atoms with E-state index in [4.69, 9.17) is 4.74 Å². The summed E-state index contributed by atoms with van der Waals surface area (Å²) in [5, 5.41) is 3.31. The van der Waals surface area contributed by atoms with Crippen molar-refractivity contribution in [3.8, 4) is 0 Å². The Hall–Kier alpha value is -2.29. The molecule has 0 amide bonds. The quantitative estimate of drug-likeness (QED) is 0.861. The van der Waals surface area contributed by atoms with E-state index >= 15 is 0 Å². The molecule has 3 heteroatoms. The largest absolute Gasteiger partial charge is 0.467 e. The Morgan fingerprint density at radius 1 is 1.00 bits per heavy atom. The van der Waals surface area contributed by atoms with Crippen LogP contribution in [0.5, 0.6) is 0 Å². The Labute approximate surface area is 119 Å². The fourth-order valence-electron chi connectivity index (χ4n) is 2.23. The molecule has 0 saturated carbocycles. The van der Waals surface area contributed by atoms with E-state index in [9.17, 15) is 4.79 Å². The fraction of sp³-hybridized carbons (Fsp3) is 0.235. The van der Waals surface area contributed by atoms with Crippen molar-refractivity contribution < 1.29 is 9.53 Å². The Bertz CT molecular complexity index is 573. The van der Waals surface area contributed by atoms with E-state index in [-0.39, 0.29) is 5.97 Å². The molecule has 1 atom stereocenters. The van der Waals surface area contributed by atoms with Gasteiger partial charge >= 0.3 is 5.97 Å². The van der Waals surface area contributed by atoms with E-state index in [1.165, 1.54) is 7.11 Å². The van der Waals surface area contributed by atoms with Crippen LogP contribution < -0.4 is 5.32 Å². The molecule has 0 aliphatic rings. The van der Waals surface area contributed by atoms with Gasteiger partial charge in [0.1, 0.15) is 0 Å². The zero-order chi connectivity index (χ0) is 14.5. The van der Waals surface area contributed by atoms with Gasteiger partial charge in [-0.25, -0.2) is 4.79 Å². The van der Waals surface area contributed by atoms with Crippen molar-refractivity contribution in [3.05, 3.63) is 65.2 Å². The predicted molar refractivity (Wildman–Crippen MR) is 80.7 cm³/mol. The maximum Gasteiger partial charge on any atom is 0.332 e.